The smallest absolute Gasteiger partial charge is 0.343 e. The molecule has 0 heterocycles. The third kappa shape index (κ3) is 5.76. The number of rotatable bonds is 6. The van der Waals surface area contributed by atoms with E-state index in [9.17, 15) is 9.59 Å². The van der Waals surface area contributed by atoms with E-state index in [0.717, 1.165) is 54.2 Å². The van der Waals surface area contributed by atoms with Crippen LogP contribution in [0.15, 0.2) is 206 Å². The van der Waals surface area contributed by atoms with Crippen LogP contribution in [0.4, 0.5) is 0 Å². The van der Waals surface area contributed by atoms with Crippen LogP contribution in [0.1, 0.15) is 43.0 Å². The number of hydrogen-bond donors (Lipinski definition) is 0. The molecule has 0 amide bonds. The van der Waals surface area contributed by atoms with Crippen molar-refractivity contribution in [3.05, 3.63) is 240 Å². The van der Waals surface area contributed by atoms with Crippen molar-refractivity contribution in [2.75, 3.05) is 0 Å². The van der Waals surface area contributed by atoms with Gasteiger partial charge in [-0.1, -0.05) is 146 Å². The summed E-state index contributed by atoms with van der Waals surface area (Å²) in [5, 5.41) is 8.14. The molecule has 278 valence electrons. The second kappa shape index (κ2) is 13.7. The van der Waals surface area contributed by atoms with Crippen molar-refractivity contribution < 1.29 is 19.1 Å². The Bertz CT molecular complexity index is 3120. The predicted molar refractivity (Wildman–Crippen MR) is 237 cm³/mol. The van der Waals surface area contributed by atoms with Crippen LogP contribution in [0.5, 0.6) is 11.5 Å². The molecule has 10 aromatic rings. The maximum Gasteiger partial charge on any atom is 0.343 e. The Morgan fingerprint density at radius 2 is 0.678 bits per heavy atom. The van der Waals surface area contributed by atoms with Gasteiger partial charge in [0.2, 0.25) is 0 Å². The predicted octanol–water partition coefficient (Wildman–Crippen LogP) is 13.1. The molecule has 0 aromatic heterocycles. The summed E-state index contributed by atoms with van der Waals surface area (Å²) < 4.78 is 11.8. The molecule has 0 saturated heterocycles. The van der Waals surface area contributed by atoms with Gasteiger partial charge < -0.3 is 9.47 Å². The van der Waals surface area contributed by atoms with Crippen LogP contribution < -0.4 is 9.47 Å². The van der Waals surface area contributed by atoms with Crippen LogP contribution in [0.3, 0.4) is 0 Å². The third-order valence-corrected chi connectivity index (χ3v) is 11.8. The van der Waals surface area contributed by atoms with E-state index in [1.54, 1.807) is 0 Å². The molecule has 0 saturated carbocycles. The molecule has 0 aliphatic heterocycles. The minimum absolute atomic E-state index is 0.392. The fourth-order valence-electron chi connectivity index (χ4n) is 9.03. The van der Waals surface area contributed by atoms with Gasteiger partial charge in [-0.25, -0.2) is 9.59 Å². The number of esters is 2. The zero-order valence-corrected chi connectivity index (χ0v) is 31.8. The number of carbonyl (C=O) groups excluding carboxylic acids is 2. The van der Waals surface area contributed by atoms with Gasteiger partial charge in [-0.2, -0.15) is 0 Å². The van der Waals surface area contributed by atoms with E-state index in [2.05, 4.69) is 84.9 Å². The van der Waals surface area contributed by atoms with Gasteiger partial charge >= 0.3 is 11.9 Å². The molecule has 10 aromatic carbocycles. The first-order chi connectivity index (χ1) is 29.0. The number of fused-ring (bicyclic) bond motifs is 7. The summed E-state index contributed by atoms with van der Waals surface area (Å²) >= 11 is 0. The molecule has 0 N–H and O–H groups in total. The van der Waals surface area contributed by atoms with E-state index in [-0.39, 0.29) is 0 Å². The van der Waals surface area contributed by atoms with Gasteiger partial charge in [0.25, 0.3) is 0 Å². The highest BCUT2D eigenvalue weighted by Gasteiger charge is 2.46. The highest BCUT2D eigenvalue weighted by Crippen LogP contribution is 2.56. The standard InChI is InChI=1S/C55H34O4/c56-53(43-19-17-35-9-1-3-11-37(35)29-43)58-47-27-23-39-31-45(25-21-41(39)33-47)55(51-15-7-5-13-49(51)50-14-6-8-16-52(50)55)46-26-22-42-34-48(28-24-40(42)32-46)59-54(57)44-20-18-36-10-2-4-12-38(36)30-44/h1-34H. The van der Waals surface area contributed by atoms with Gasteiger partial charge in [-0.3, -0.25) is 0 Å². The molecule has 4 nitrogen and oxygen atoms in total. The summed E-state index contributed by atoms with van der Waals surface area (Å²) in [5.41, 5.74) is 7.47. The van der Waals surface area contributed by atoms with Crippen molar-refractivity contribution in [3.8, 4) is 22.6 Å². The maximum atomic E-state index is 13.3. The highest BCUT2D eigenvalue weighted by molar-refractivity contribution is 5.99. The zero-order valence-electron chi connectivity index (χ0n) is 31.8. The average Bonchev–Trinajstić information content (AvgIpc) is 3.59. The molecule has 4 heteroatoms. The molecular formula is C55H34O4. The summed E-state index contributed by atoms with van der Waals surface area (Å²) in [4.78, 5) is 26.5. The molecule has 11 rings (SSSR count). The van der Waals surface area contributed by atoms with Crippen molar-refractivity contribution in [2.24, 2.45) is 0 Å². The first-order valence-corrected chi connectivity index (χ1v) is 19.7. The van der Waals surface area contributed by atoms with E-state index < -0.39 is 17.4 Å². The molecule has 1 aliphatic rings. The lowest BCUT2D eigenvalue weighted by molar-refractivity contribution is 0.0725. The molecule has 1 aliphatic carbocycles. The van der Waals surface area contributed by atoms with E-state index in [1.165, 1.54) is 22.3 Å². The van der Waals surface area contributed by atoms with Gasteiger partial charge in [0.05, 0.1) is 16.5 Å². The lowest BCUT2D eigenvalue weighted by atomic mass is 9.67. The first-order valence-electron chi connectivity index (χ1n) is 19.7. The van der Waals surface area contributed by atoms with Crippen LogP contribution in [0.2, 0.25) is 0 Å². The largest absolute Gasteiger partial charge is 0.423 e. The quantitative estimate of drug-likeness (QED) is 0.125. The van der Waals surface area contributed by atoms with Gasteiger partial charge in [-0.15, -0.1) is 0 Å². The Balaban J connectivity index is 0.967. The van der Waals surface area contributed by atoms with E-state index in [1.807, 2.05) is 121 Å². The fraction of sp³-hybridized carbons (Fsp3) is 0.0182. The summed E-state index contributed by atoms with van der Waals surface area (Å²) in [6, 6.07) is 69.4. The summed E-state index contributed by atoms with van der Waals surface area (Å²) in [6.45, 7) is 0. The molecule has 59 heavy (non-hydrogen) atoms. The van der Waals surface area contributed by atoms with Crippen LogP contribution in [-0.4, -0.2) is 11.9 Å². The lowest BCUT2D eigenvalue weighted by Gasteiger charge is -2.34. The molecule has 0 bridgehead atoms. The monoisotopic (exact) mass is 758 g/mol. The molecule has 0 spiro atoms. The van der Waals surface area contributed by atoms with Gasteiger partial charge in [0.1, 0.15) is 11.5 Å². The summed E-state index contributed by atoms with van der Waals surface area (Å²) in [7, 11) is 0. The van der Waals surface area contributed by atoms with Crippen LogP contribution in [0.25, 0.3) is 54.2 Å². The van der Waals surface area contributed by atoms with E-state index >= 15 is 0 Å². The average molecular weight is 759 g/mol. The third-order valence-electron chi connectivity index (χ3n) is 11.8. The van der Waals surface area contributed by atoms with Crippen molar-refractivity contribution in [1.29, 1.82) is 0 Å². The number of ether oxygens (including phenoxy) is 2. The molecule has 0 atom stereocenters. The maximum absolute atomic E-state index is 13.3. The Labute approximate surface area is 340 Å². The van der Waals surface area contributed by atoms with Crippen molar-refractivity contribution in [2.45, 2.75) is 5.41 Å². The van der Waals surface area contributed by atoms with Crippen molar-refractivity contribution >= 4 is 55.0 Å². The van der Waals surface area contributed by atoms with Crippen LogP contribution >= 0.6 is 0 Å². The number of carbonyl (C=O) groups is 2. The van der Waals surface area contributed by atoms with Gasteiger partial charge in [0, 0.05) is 0 Å². The number of benzene rings is 10. The molecule has 0 fully saturated rings. The number of hydrogen-bond acceptors (Lipinski definition) is 4. The Kier molecular flexibility index (Phi) is 7.99. The second-order valence-corrected chi connectivity index (χ2v) is 15.2. The first kappa shape index (κ1) is 34.4. The van der Waals surface area contributed by atoms with Gasteiger partial charge in [-0.05, 0) is 137 Å². The summed E-state index contributed by atoms with van der Waals surface area (Å²) in [5.74, 6) is 0.200. The molecule has 0 unspecified atom stereocenters. The zero-order chi connectivity index (χ0) is 39.5. The molecular weight excluding hydrogens is 725 g/mol. The van der Waals surface area contributed by atoms with Crippen molar-refractivity contribution in [3.63, 3.8) is 0 Å². The normalized spacial score (nSPS) is 12.7. The topological polar surface area (TPSA) is 52.6 Å². The highest BCUT2D eigenvalue weighted by atomic mass is 16.5. The second-order valence-electron chi connectivity index (χ2n) is 15.2. The van der Waals surface area contributed by atoms with Crippen molar-refractivity contribution in [1.82, 2.24) is 0 Å². The van der Waals surface area contributed by atoms with Crippen LogP contribution in [-0.2, 0) is 5.41 Å². The summed E-state index contributed by atoms with van der Waals surface area (Å²) in [6.07, 6.45) is 0. The van der Waals surface area contributed by atoms with E-state index in [0.29, 0.717) is 22.6 Å². The van der Waals surface area contributed by atoms with E-state index in [4.69, 9.17) is 9.47 Å². The SMILES string of the molecule is O=C(Oc1ccc2cc(C3(c4ccc5cc(OC(=O)c6ccc7ccccc7c6)ccc5c4)c4ccccc4-c4ccccc43)ccc2c1)c1ccc2ccccc2c1. The van der Waals surface area contributed by atoms with Gasteiger partial charge in [0.15, 0.2) is 0 Å². The Morgan fingerprint density at radius 3 is 1.15 bits per heavy atom. The minimum atomic E-state index is -0.627. The minimum Gasteiger partial charge on any atom is -0.423 e. The molecule has 0 radical (unpaired) electrons. The van der Waals surface area contributed by atoms with Crippen LogP contribution in [0, 0.1) is 0 Å². The fourth-order valence-corrected chi connectivity index (χ4v) is 9.03. The Morgan fingerprint density at radius 1 is 0.322 bits per heavy atom. The Hall–Kier alpha value is -7.82. The lowest BCUT2D eigenvalue weighted by Crippen LogP contribution is -2.28.